The van der Waals surface area contributed by atoms with E-state index in [0.717, 1.165) is 23.5 Å². The van der Waals surface area contributed by atoms with Crippen molar-refractivity contribution in [3.05, 3.63) is 95.6 Å². The third kappa shape index (κ3) is 6.56. The number of carbonyl (C=O) groups is 1. The lowest BCUT2D eigenvalue weighted by atomic mass is 10.1. The molecule has 3 aromatic carbocycles. The average Bonchev–Trinajstić information content (AvgIpc) is 2.72. The molecule has 0 aliphatic carbocycles. The highest BCUT2D eigenvalue weighted by atomic mass is 16.5. The normalized spacial score (nSPS) is 10.5. The molecule has 0 saturated carbocycles. The Kier molecular flexibility index (Phi) is 7.21. The van der Waals surface area contributed by atoms with E-state index in [9.17, 15) is 4.79 Å². The van der Waals surface area contributed by atoms with Gasteiger partial charge in [0.2, 0.25) is 5.91 Å². The molecule has 0 heterocycles. The number of hydrogen-bond donors (Lipinski definition) is 2. The minimum absolute atomic E-state index is 0.00491. The second kappa shape index (κ2) is 10.3. The third-order valence-corrected chi connectivity index (χ3v) is 4.33. The number of hydrogen-bond acceptors (Lipinski definition) is 3. The monoisotopic (exact) mass is 374 g/mol. The van der Waals surface area contributed by atoms with E-state index in [0.29, 0.717) is 19.6 Å². The lowest BCUT2D eigenvalue weighted by molar-refractivity contribution is -0.116. The number of aryl methyl sites for hydroxylation is 1. The van der Waals surface area contributed by atoms with E-state index in [-0.39, 0.29) is 5.91 Å². The summed E-state index contributed by atoms with van der Waals surface area (Å²) in [5.74, 6) is 0.774. The van der Waals surface area contributed by atoms with Crippen LogP contribution >= 0.6 is 0 Å². The Morgan fingerprint density at radius 1 is 0.893 bits per heavy atom. The molecule has 144 valence electrons. The molecule has 28 heavy (non-hydrogen) atoms. The quantitative estimate of drug-likeness (QED) is 0.534. The van der Waals surface area contributed by atoms with Crippen LogP contribution in [0.4, 0.5) is 5.69 Å². The largest absolute Gasteiger partial charge is 0.489 e. The summed E-state index contributed by atoms with van der Waals surface area (Å²) in [6.07, 6.45) is 0.429. The number of anilines is 1. The van der Waals surface area contributed by atoms with Gasteiger partial charge < -0.3 is 15.4 Å². The van der Waals surface area contributed by atoms with Gasteiger partial charge in [0.25, 0.3) is 0 Å². The number of benzene rings is 3. The smallest absolute Gasteiger partial charge is 0.225 e. The van der Waals surface area contributed by atoms with Crippen molar-refractivity contribution >= 4 is 11.6 Å². The second-order valence-electron chi connectivity index (χ2n) is 6.76. The summed E-state index contributed by atoms with van der Waals surface area (Å²) in [7, 11) is 0. The van der Waals surface area contributed by atoms with Gasteiger partial charge in [-0.25, -0.2) is 0 Å². The summed E-state index contributed by atoms with van der Waals surface area (Å²) in [6.45, 7) is 4.01. The summed E-state index contributed by atoms with van der Waals surface area (Å²) in [5.41, 5.74) is 4.37. The first kappa shape index (κ1) is 19.6. The van der Waals surface area contributed by atoms with Crippen molar-refractivity contribution in [2.24, 2.45) is 0 Å². The van der Waals surface area contributed by atoms with E-state index in [4.69, 9.17) is 4.74 Å². The minimum Gasteiger partial charge on any atom is -0.489 e. The molecule has 3 aromatic rings. The Balaban J connectivity index is 1.37. The molecule has 0 unspecified atom stereocenters. The van der Waals surface area contributed by atoms with Gasteiger partial charge in [-0.2, -0.15) is 0 Å². The maximum Gasteiger partial charge on any atom is 0.225 e. The predicted octanol–water partition coefficient (Wildman–Crippen LogP) is 4.69. The zero-order chi connectivity index (χ0) is 19.6. The molecule has 0 bridgehead atoms. The average molecular weight is 374 g/mol. The summed E-state index contributed by atoms with van der Waals surface area (Å²) >= 11 is 0. The van der Waals surface area contributed by atoms with E-state index in [1.807, 2.05) is 60.7 Å². The Labute approximate surface area is 166 Å². The van der Waals surface area contributed by atoms with E-state index in [2.05, 4.69) is 35.8 Å². The van der Waals surface area contributed by atoms with Crippen LogP contribution in [0.15, 0.2) is 78.9 Å². The Morgan fingerprint density at radius 2 is 1.64 bits per heavy atom. The van der Waals surface area contributed by atoms with Crippen LogP contribution in [0, 0.1) is 6.92 Å². The fourth-order valence-corrected chi connectivity index (χ4v) is 2.86. The van der Waals surface area contributed by atoms with Crippen LogP contribution in [0.5, 0.6) is 5.75 Å². The van der Waals surface area contributed by atoms with E-state index in [1.165, 1.54) is 11.1 Å². The number of nitrogens with one attached hydrogen (secondary N) is 2. The molecule has 4 nitrogen and oxygen atoms in total. The first-order valence-electron chi connectivity index (χ1n) is 9.52. The first-order chi connectivity index (χ1) is 13.7. The number of amides is 1. The molecule has 0 radical (unpaired) electrons. The molecule has 3 rings (SSSR count). The third-order valence-electron chi connectivity index (χ3n) is 4.33. The van der Waals surface area contributed by atoms with Gasteiger partial charge in [0.1, 0.15) is 12.4 Å². The van der Waals surface area contributed by atoms with Crippen molar-refractivity contribution < 1.29 is 9.53 Å². The van der Waals surface area contributed by atoms with Crippen LogP contribution in [0.3, 0.4) is 0 Å². The molecule has 0 atom stereocenters. The molecular weight excluding hydrogens is 348 g/mol. The van der Waals surface area contributed by atoms with Crippen LogP contribution in [-0.4, -0.2) is 12.5 Å². The lowest BCUT2D eigenvalue weighted by Crippen LogP contribution is -2.21. The fraction of sp³-hybridized carbons (Fsp3) is 0.208. The van der Waals surface area contributed by atoms with Gasteiger partial charge in [0.05, 0.1) is 0 Å². The molecule has 4 heteroatoms. The van der Waals surface area contributed by atoms with Gasteiger partial charge in [0.15, 0.2) is 0 Å². The molecular formula is C24H26N2O2. The maximum absolute atomic E-state index is 12.1. The predicted molar refractivity (Wildman–Crippen MR) is 113 cm³/mol. The zero-order valence-corrected chi connectivity index (χ0v) is 16.2. The Bertz CT molecular complexity index is 877. The van der Waals surface area contributed by atoms with Crippen molar-refractivity contribution in [1.82, 2.24) is 5.32 Å². The summed E-state index contributed by atoms with van der Waals surface area (Å²) < 4.78 is 5.76. The molecule has 0 spiro atoms. The van der Waals surface area contributed by atoms with Gasteiger partial charge in [-0.1, -0.05) is 60.2 Å². The van der Waals surface area contributed by atoms with Crippen LogP contribution < -0.4 is 15.4 Å². The maximum atomic E-state index is 12.1. The van der Waals surface area contributed by atoms with Gasteiger partial charge in [-0.05, 0) is 42.3 Å². The van der Waals surface area contributed by atoms with Gasteiger partial charge in [0, 0.05) is 25.2 Å². The molecule has 0 fully saturated rings. The van der Waals surface area contributed by atoms with Gasteiger partial charge >= 0.3 is 0 Å². The van der Waals surface area contributed by atoms with Crippen LogP contribution in [0.2, 0.25) is 0 Å². The summed E-state index contributed by atoms with van der Waals surface area (Å²) in [5, 5.41) is 6.22. The van der Waals surface area contributed by atoms with E-state index in [1.54, 1.807) is 0 Å². The molecule has 0 saturated heterocycles. The summed E-state index contributed by atoms with van der Waals surface area (Å²) in [6, 6.07) is 25.8. The zero-order valence-electron chi connectivity index (χ0n) is 16.2. The van der Waals surface area contributed by atoms with Gasteiger partial charge in [-0.15, -0.1) is 0 Å². The van der Waals surface area contributed by atoms with Crippen molar-refractivity contribution in [2.75, 3.05) is 11.9 Å². The number of rotatable bonds is 9. The van der Waals surface area contributed by atoms with Crippen LogP contribution in [-0.2, 0) is 17.9 Å². The standard InChI is InChI=1S/C24H26N2O2/c1-19-6-5-9-21(16-19)17-25-15-14-24(27)26-22-10-12-23(13-11-22)28-18-20-7-3-2-4-8-20/h2-13,16,25H,14-15,17-18H2,1H3,(H,26,27). The fourth-order valence-electron chi connectivity index (χ4n) is 2.86. The molecule has 1 amide bonds. The Morgan fingerprint density at radius 3 is 2.39 bits per heavy atom. The molecule has 0 aliphatic heterocycles. The molecule has 0 aliphatic rings. The number of ether oxygens (including phenoxy) is 1. The van der Waals surface area contributed by atoms with E-state index >= 15 is 0 Å². The minimum atomic E-state index is -0.00491. The van der Waals surface area contributed by atoms with Crippen LogP contribution in [0.1, 0.15) is 23.1 Å². The first-order valence-corrected chi connectivity index (χ1v) is 9.52. The van der Waals surface area contributed by atoms with Gasteiger partial charge in [-0.3, -0.25) is 4.79 Å². The molecule has 0 aromatic heterocycles. The van der Waals surface area contributed by atoms with Crippen molar-refractivity contribution in [3.8, 4) is 5.75 Å². The SMILES string of the molecule is Cc1cccc(CNCCC(=O)Nc2ccc(OCc3ccccc3)cc2)c1. The highest BCUT2D eigenvalue weighted by Crippen LogP contribution is 2.17. The highest BCUT2D eigenvalue weighted by molar-refractivity contribution is 5.90. The van der Waals surface area contributed by atoms with Crippen molar-refractivity contribution in [2.45, 2.75) is 26.5 Å². The second-order valence-corrected chi connectivity index (χ2v) is 6.76. The topological polar surface area (TPSA) is 50.4 Å². The molecule has 2 N–H and O–H groups in total. The number of carbonyl (C=O) groups excluding carboxylic acids is 1. The highest BCUT2D eigenvalue weighted by Gasteiger charge is 2.03. The summed E-state index contributed by atoms with van der Waals surface area (Å²) in [4.78, 5) is 12.1. The lowest BCUT2D eigenvalue weighted by Gasteiger charge is -2.09. The van der Waals surface area contributed by atoms with Crippen molar-refractivity contribution in [1.29, 1.82) is 0 Å². The van der Waals surface area contributed by atoms with E-state index < -0.39 is 0 Å². The van der Waals surface area contributed by atoms with Crippen LogP contribution in [0.25, 0.3) is 0 Å². The van der Waals surface area contributed by atoms with Crippen molar-refractivity contribution in [3.63, 3.8) is 0 Å². The Hall–Kier alpha value is -3.11.